The summed E-state index contributed by atoms with van der Waals surface area (Å²) >= 11 is 5.93. The van der Waals surface area contributed by atoms with Gasteiger partial charge in [-0.1, -0.05) is 13.8 Å². The maximum Gasteiger partial charge on any atom is 0.241 e. The van der Waals surface area contributed by atoms with Crippen LogP contribution in [0.25, 0.3) is 5.95 Å². The maximum absolute atomic E-state index is 8.91. The molecule has 2 rings (SSSR count). The lowest BCUT2D eigenvalue weighted by molar-refractivity contribution is 0.247. The van der Waals surface area contributed by atoms with Crippen LogP contribution in [0.5, 0.6) is 0 Å². The normalized spacial score (nSPS) is 11.6. The maximum atomic E-state index is 8.91. The van der Waals surface area contributed by atoms with Crippen molar-refractivity contribution in [2.45, 2.75) is 26.7 Å². The molecule has 0 aliphatic rings. The van der Waals surface area contributed by atoms with E-state index in [9.17, 15) is 0 Å². The van der Waals surface area contributed by atoms with Crippen LogP contribution in [0.2, 0.25) is 5.28 Å². The van der Waals surface area contributed by atoms with E-state index in [1.807, 2.05) is 0 Å². The molecule has 2 aromatic rings. The van der Waals surface area contributed by atoms with Gasteiger partial charge >= 0.3 is 0 Å². The molecule has 0 spiro atoms. The molecule has 0 atom stereocenters. The summed E-state index contributed by atoms with van der Waals surface area (Å²) in [7, 11) is 0. The van der Waals surface area contributed by atoms with Crippen LogP contribution in [0.15, 0.2) is 18.7 Å². The lowest BCUT2D eigenvalue weighted by atomic mass is 9.88. The molecule has 0 amide bonds. The molecule has 0 fully saturated rings. The highest BCUT2D eigenvalue weighted by Gasteiger charge is 2.18. The monoisotopic (exact) mass is 310 g/mol. The number of aromatic nitrogens is 5. The van der Waals surface area contributed by atoms with Gasteiger partial charge in [-0.25, -0.2) is 4.98 Å². The molecule has 2 heterocycles. The molecule has 21 heavy (non-hydrogen) atoms. The van der Waals surface area contributed by atoms with E-state index in [0.717, 1.165) is 12.8 Å². The Morgan fingerprint density at radius 3 is 2.81 bits per heavy atom. The van der Waals surface area contributed by atoms with Gasteiger partial charge in [0.1, 0.15) is 6.33 Å². The van der Waals surface area contributed by atoms with E-state index in [2.05, 4.69) is 39.1 Å². The molecule has 2 N–H and O–H groups in total. The van der Waals surface area contributed by atoms with Crippen molar-refractivity contribution in [2.24, 2.45) is 5.41 Å². The predicted octanol–water partition coefficient (Wildman–Crippen LogP) is 1.92. The summed E-state index contributed by atoms with van der Waals surface area (Å²) in [5.41, 5.74) is 0.0248. The van der Waals surface area contributed by atoms with Gasteiger partial charge in [0.25, 0.3) is 0 Å². The first kappa shape index (κ1) is 15.7. The van der Waals surface area contributed by atoms with Crippen LogP contribution < -0.4 is 5.32 Å². The summed E-state index contributed by atoms with van der Waals surface area (Å²) in [5.74, 6) is 0.846. The standard InChI is InChI=1S/C13H19ClN6O/c1-13(2,4-3-7-21)8-16-11-17-10(14)18-12(19-11)20-6-5-15-9-20/h5-6,9,21H,3-4,7-8H2,1-2H3,(H,16,17,18,19). The number of hydrogen-bond donors (Lipinski definition) is 2. The lowest BCUT2D eigenvalue weighted by Crippen LogP contribution is -2.24. The van der Waals surface area contributed by atoms with Crippen molar-refractivity contribution in [1.82, 2.24) is 24.5 Å². The average Bonchev–Trinajstić information content (AvgIpc) is 2.97. The van der Waals surface area contributed by atoms with E-state index in [1.165, 1.54) is 0 Å². The quantitative estimate of drug-likeness (QED) is 0.812. The van der Waals surface area contributed by atoms with Crippen molar-refractivity contribution in [1.29, 1.82) is 0 Å². The van der Waals surface area contributed by atoms with Crippen LogP contribution in [-0.2, 0) is 0 Å². The second-order valence-electron chi connectivity index (χ2n) is 5.54. The second-order valence-corrected chi connectivity index (χ2v) is 5.88. The van der Waals surface area contributed by atoms with Crippen LogP contribution in [0.4, 0.5) is 5.95 Å². The SMILES string of the molecule is CC(C)(CCCO)CNc1nc(Cl)nc(-n2ccnc2)n1. The van der Waals surface area contributed by atoms with Gasteiger partial charge in [0.2, 0.25) is 17.2 Å². The summed E-state index contributed by atoms with van der Waals surface area (Å²) in [6.45, 7) is 5.12. The van der Waals surface area contributed by atoms with E-state index in [0.29, 0.717) is 18.4 Å². The Hall–Kier alpha value is -1.73. The molecule has 0 saturated carbocycles. The number of nitrogens with one attached hydrogen (secondary N) is 1. The van der Waals surface area contributed by atoms with Gasteiger partial charge in [-0.15, -0.1) is 0 Å². The van der Waals surface area contributed by atoms with Crippen LogP contribution in [0.3, 0.4) is 0 Å². The van der Waals surface area contributed by atoms with Crippen LogP contribution >= 0.6 is 11.6 Å². The minimum Gasteiger partial charge on any atom is -0.396 e. The van der Waals surface area contributed by atoms with Crippen molar-refractivity contribution in [3.8, 4) is 5.95 Å². The van der Waals surface area contributed by atoms with Crippen LogP contribution in [0, 0.1) is 5.41 Å². The Morgan fingerprint density at radius 1 is 1.33 bits per heavy atom. The van der Waals surface area contributed by atoms with E-state index in [1.54, 1.807) is 23.3 Å². The highest BCUT2D eigenvalue weighted by atomic mass is 35.5. The lowest BCUT2D eigenvalue weighted by Gasteiger charge is -2.24. The van der Waals surface area contributed by atoms with Crippen LogP contribution in [0.1, 0.15) is 26.7 Å². The molecule has 7 nitrogen and oxygen atoms in total. The van der Waals surface area contributed by atoms with Gasteiger partial charge in [0.15, 0.2) is 0 Å². The van der Waals surface area contributed by atoms with E-state index >= 15 is 0 Å². The summed E-state index contributed by atoms with van der Waals surface area (Å²) in [5, 5.41) is 12.2. The number of halogens is 1. The highest BCUT2D eigenvalue weighted by molar-refractivity contribution is 6.28. The first-order chi connectivity index (χ1) is 10.00. The third-order valence-corrected chi connectivity index (χ3v) is 3.24. The number of aliphatic hydroxyl groups excluding tert-OH is 1. The summed E-state index contributed by atoms with van der Waals surface area (Å²) in [6.07, 6.45) is 6.65. The van der Waals surface area contributed by atoms with Gasteiger partial charge in [-0.05, 0) is 29.9 Å². The second kappa shape index (κ2) is 6.82. The number of hydrogen-bond acceptors (Lipinski definition) is 6. The molecular formula is C13H19ClN6O. The molecular weight excluding hydrogens is 292 g/mol. The number of rotatable bonds is 7. The van der Waals surface area contributed by atoms with Crippen molar-refractivity contribution in [3.05, 3.63) is 24.0 Å². The van der Waals surface area contributed by atoms with Gasteiger partial charge < -0.3 is 10.4 Å². The number of nitrogens with zero attached hydrogens (tertiary/aromatic N) is 5. The topological polar surface area (TPSA) is 88.8 Å². The van der Waals surface area contributed by atoms with Crippen molar-refractivity contribution >= 4 is 17.5 Å². The average molecular weight is 311 g/mol. The Morgan fingerprint density at radius 2 is 2.14 bits per heavy atom. The molecule has 0 aromatic carbocycles. The highest BCUT2D eigenvalue weighted by Crippen LogP contribution is 2.22. The third-order valence-electron chi connectivity index (χ3n) is 3.07. The molecule has 0 unspecified atom stereocenters. The van der Waals surface area contributed by atoms with Gasteiger partial charge in [0.05, 0.1) is 0 Å². The predicted molar refractivity (Wildman–Crippen MR) is 80.5 cm³/mol. The fourth-order valence-corrected chi connectivity index (χ4v) is 2.03. The molecule has 0 aliphatic carbocycles. The van der Waals surface area contributed by atoms with Crippen LogP contribution in [-0.4, -0.2) is 42.8 Å². The number of anilines is 1. The first-order valence-corrected chi connectivity index (χ1v) is 7.13. The van der Waals surface area contributed by atoms with Gasteiger partial charge in [0, 0.05) is 25.5 Å². The molecule has 2 aromatic heterocycles. The minimum absolute atomic E-state index is 0.0248. The smallest absolute Gasteiger partial charge is 0.241 e. The first-order valence-electron chi connectivity index (χ1n) is 6.75. The Labute approximate surface area is 128 Å². The Kier molecular flexibility index (Phi) is 5.08. The van der Waals surface area contributed by atoms with Gasteiger partial charge in [-0.3, -0.25) is 4.57 Å². The molecule has 114 valence electrons. The fourth-order valence-electron chi connectivity index (χ4n) is 1.88. The number of imidazole rings is 1. The van der Waals surface area contributed by atoms with E-state index in [-0.39, 0.29) is 17.3 Å². The Balaban J connectivity index is 2.07. The minimum atomic E-state index is 0.0248. The zero-order valence-corrected chi connectivity index (χ0v) is 12.9. The zero-order chi connectivity index (χ0) is 15.3. The Bertz CT molecular complexity index is 572. The summed E-state index contributed by atoms with van der Waals surface area (Å²) in [6, 6.07) is 0. The number of aliphatic hydroxyl groups is 1. The molecule has 0 bridgehead atoms. The largest absolute Gasteiger partial charge is 0.396 e. The summed E-state index contributed by atoms with van der Waals surface area (Å²) in [4.78, 5) is 16.4. The van der Waals surface area contributed by atoms with E-state index < -0.39 is 0 Å². The fraction of sp³-hybridized carbons (Fsp3) is 0.538. The third kappa shape index (κ3) is 4.64. The molecule has 0 radical (unpaired) electrons. The molecule has 0 aliphatic heterocycles. The summed E-state index contributed by atoms with van der Waals surface area (Å²) < 4.78 is 1.66. The van der Waals surface area contributed by atoms with E-state index in [4.69, 9.17) is 16.7 Å². The van der Waals surface area contributed by atoms with Crippen molar-refractivity contribution < 1.29 is 5.11 Å². The van der Waals surface area contributed by atoms with Gasteiger partial charge in [-0.2, -0.15) is 15.0 Å². The molecule has 0 saturated heterocycles. The van der Waals surface area contributed by atoms with Crippen molar-refractivity contribution in [2.75, 3.05) is 18.5 Å². The molecule has 8 heteroatoms. The van der Waals surface area contributed by atoms with Crippen molar-refractivity contribution in [3.63, 3.8) is 0 Å². The zero-order valence-electron chi connectivity index (χ0n) is 12.1.